The van der Waals surface area contributed by atoms with Gasteiger partial charge in [-0.25, -0.2) is 0 Å². The summed E-state index contributed by atoms with van der Waals surface area (Å²) in [6, 6.07) is 9.05. The van der Waals surface area contributed by atoms with Crippen molar-refractivity contribution in [2.45, 2.75) is 19.3 Å². The maximum Gasteiger partial charge on any atom is 0.320 e. The van der Waals surface area contributed by atoms with Crippen LogP contribution in [0, 0.1) is 5.92 Å². The SMILES string of the molecule is COC(=O)C(C/C=C/CCC(=O)c1ccccc1)C(=O)OC. The van der Waals surface area contributed by atoms with Crippen molar-refractivity contribution < 1.29 is 23.9 Å². The van der Waals surface area contributed by atoms with Crippen LogP contribution in [0.4, 0.5) is 0 Å². The lowest BCUT2D eigenvalue weighted by atomic mass is 10.0. The molecule has 0 radical (unpaired) electrons. The zero-order valence-corrected chi connectivity index (χ0v) is 12.8. The van der Waals surface area contributed by atoms with E-state index in [1.165, 1.54) is 14.2 Å². The van der Waals surface area contributed by atoms with Crippen LogP contribution in [0.15, 0.2) is 42.5 Å². The number of hydrogen-bond acceptors (Lipinski definition) is 5. The third kappa shape index (κ3) is 5.52. The van der Waals surface area contributed by atoms with Crippen LogP contribution in [0.3, 0.4) is 0 Å². The second-order valence-electron chi connectivity index (χ2n) is 4.63. The molecule has 0 heterocycles. The minimum atomic E-state index is -0.962. The van der Waals surface area contributed by atoms with Crippen LogP contribution in [0.25, 0.3) is 0 Å². The first-order valence-electron chi connectivity index (χ1n) is 6.99. The highest BCUT2D eigenvalue weighted by Gasteiger charge is 2.26. The van der Waals surface area contributed by atoms with Crippen LogP contribution in [-0.4, -0.2) is 31.9 Å². The topological polar surface area (TPSA) is 69.7 Å². The van der Waals surface area contributed by atoms with Crippen molar-refractivity contribution in [3.8, 4) is 0 Å². The molecule has 0 fully saturated rings. The number of ether oxygens (including phenoxy) is 2. The Kier molecular flexibility index (Phi) is 7.61. The summed E-state index contributed by atoms with van der Waals surface area (Å²) < 4.78 is 9.12. The van der Waals surface area contributed by atoms with Gasteiger partial charge in [-0.15, -0.1) is 0 Å². The van der Waals surface area contributed by atoms with Crippen LogP contribution >= 0.6 is 0 Å². The molecule has 1 rings (SSSR count). The number of allylic oxidation sites excluding steroid dienone is 2. The first kappa shape index (κ1) is 17.6. The van der Waals surface area contributed by atoms with E-state index in [0.29, 0.717) is 18.4 Å². The van der Waals surface area contributed by atoms with Crippen molar-refractivity contribution in [1.29, 1.82) is 0 Å². The van der Waals surface area contributed by atoms with Crippen LogP contribution in [0.1, 0.15) is 29.6 Å². The van der Waals surface area contributed by atoms with Gasteiger partial charge in [-0.1, -0.05) is 42.5 Å². The third-order valence-electron chi connectivity index (χ3n) is 3.14. The number of rotatable bonds is 8. The Balaban J connectivity index is 2.43. The predicted octanol–water partition coefficient (Wildman–Crippen LogP) is 2.56. The zero-order valence-electron chi connectivity index (χ0n) is 12.8. The highest BCUT2D eigenvalue weighted by Crippen LogP contribution is 2.10. The van der Waals surface area contributed by atoms with Crippen molar-refractivity contribution in [2.24, 2.45) is 5.92 Å². The standard InChI is InChI=1S/C17H20O5/c1-21-16(19)14(17(20)22-2)11-7-4-8-12-15(18)13-9-5-3-6-10-13/h3-7,9-10,14H,8,11-12H2,1-2H3/b7-4+. The fourth-order valence-corrected chi connectivity index (χ4v) is 1.91. The van der Waals surface area contributed by atoms with Gasteiger partial charge < -0.3 is 9.47 Å². The van der Waals surface area contributed by atoms with Crippen molar-refractivity contribution in [3.63, 3.8) is 0 Å². The highest BCUT2D eigenvalue weighted by atomic mass is 16.5. The van der Waals surface area contributed by atoms with Gasteiger partial charge >= 0.3 is 11.9 Å². The summed E-state index contributed by atoms with van der Waals surface area (Å²) in [5.74, 6) is -2.16. The number of ketones is 1. The summed E-state index contributed by atoms with van der Waals surface area (Å²) in [6.07, 6.45) is 4.58. The van der Waals surface area contributed by atoms with E-state index in [0.717, 1.165) is 0 Å². The van der Waals surface area contributed by atoms with E-state index in [1.807, 2.05) is 18.2 Å². The molecule has 0 spiro atoms. The minimum Gasteiger partial charge on any atom is -0.468 e. The number of Topliss-reactive ketones (excluding diaryl/α,β-unsaturated/α-hetero) is 1. The molecule has 0 N–H and O–H groups in total. The molecule has 0 atom stereocenters. The molecule has 0 aromatic heterocycles. The molecule has 5 heteroatoms. The van der Waals surface area contributed by atoms with Crippen molar-refractivity contribution in [2.75, 3.05) is 14.2 Å². The summed E-state index contributed by atoms with van der Waals surface area (Å²) in [4.78, 5) is 34.8. The number of methoxy groups -OCH3 is 2. The fourth-order valence-electron chi connectivity index (χ4n) is 1.91. The molecule has 0 aliphatic heterocycles. The highest BCUT2D eigenvalue weighted by molar-refractivity contribution is 5.96. The molecule has 0 amide bonds. The lowest BCUT2D eigenvalue weighted by Gasteiger charge is -2.09. The second-order valence-corrected chi connectivity index (χ2v) is 4.63. The zero-order chi connectivity index (χ0) is 16.4. The predicted molar refractivity (Wildman–Crippen MR) is 81.3 cm³/mol. The van der Waals surface area contributed by atoms with Crippen LogP contribution in [0.2, 0.25) is 0 Å². The first-order valence-corrected chi connectivity index (χ1v) is 6.99. The molecule has 22 heavy (non-hydrogen) atoms. The van der Waals surface area contributed by atoms with E-state index < -0.39 is 17.9 Å². The maximum absolute atomic E-state index is 11.9. The second kappa shape index (κ2) is 9.50. The number of carbonyl (C=O) groups is 3. The van der Waals surface area contributed by atoms with Gasteiger partial charge in [0, 0.05) is 12.0 Å². The van der Waals surface area contributed by atoms with Gasteiger partial charge in [0.25, 0.3) is 0 Å². The Morgan fingerprint density at radius 1 is 1.00 bits per heavy atom. The van der Waals surface area contributed by atoms with Gasteiger partial charge in [-0.05, 0) is 12.8 Å². The largest absolute Gasteiger partial charge is 0.468 e. The van der Waals surface area contributed by atoms with Crippen LogP contribution in [0.5, 0.6) is 0 Å². The van der Waals surface area contributed by atoms with E-state index in [9.17, 15) is 14.4 Å². The molecule has 0 unspecified atom stereocenters. The Hall–Kier alpha value is -2.43. The molecule has 5 nitrogen and oxygen atoms in total. The Labute approximate surface area is 129 Å². The van der Waals surface area contributed by atoms with E-state index in [2.05, 4.69) is 9.47 Å². The Morgan fingerprint density at radius 3 is 2.14 bits per heavy atom. The summed E-state index contributed by atoms with van der Waals surface area (Å²) in [5, 5.41) is 0. The van der Waals surface area contributed by atoms with Gasteiger partial charge in [0.1, 0.15) is 0 Å². The van der Waals surface area contributed by atoms with Gasteiger partial charge in [-0.2, -0.15) is 0 Å². The van der Waals surface area contributed by atoms with Crippen LogP contribution in [-0.2, 0) is 19.1 Å². The number of benzene rings is 1. The molecule has 1 aromatic carbocycles. The average Bonchev–Trinajstić information content (AvgIpc) is 2.57. The van der Waals surface area contributed by atoms with E-state index in [1.54, 1.807) is 24.3 Å². The first-order chi connectivity index (χ1) is 10.6. The molecule has 0 saturated carbocycles. The number of carbonyl (C=O) groups excluding carboxylic acids is 3. The lowest BCUT2D eigenvalue weighted by Crippen LogP contribution is -2.25. The molecule has 0 aliphatic rings. The number of hydrogen-bond donors (Lipinski definition) is 0. The number of esters is 2. The van der Waals surface area contributed by atoms with E-state index in [4.69, 9.17) is 0 Å². The quantitative estimate of drug-likeness (QED) is 0.319. The van der Waals surface area contributed by atoms with Gasteiger partial charge in [0.15, 0.2) is 11.7 Å². The van der Waals surface area contributed by atoms with Gasteiger partial charge in [0.2, 0.25) is 0 Å². The lowest BCUT2D eigenvalue weighted by molar-refractivity contribution is -0.158. The molecule has 0 bridgehead atoms. The van der Waals surface area contributed by atoms with Crippen molar-refractivity contribution >= 4 is 17.7 Å². The maximum atomic E-state index is 11.9. The normalized spacial score (nSPS) is 10.7. The van der Waals surface area contributed by atoms with Crippen molar-refractivity contribution in [1.82, 2.24) is 0 Å². The molecule has 1 aromatic rings. The third-order valence-corrected chi connectivity index (χ3v) is 3.14. The minimum absolute atomic E-state index is 0.0581. The summed E-state index contributed by atoms with van der Waals surface area (Å²) in [7, 11) is 2.45. The van der Waals surface area contributed by atoms with Crippen molar-refractivity contribution in [3.05, 3.63) is 48.0 Å². The summed E-state index contributed by atoms with van der Waals surface area (Å²) >= 11 is 0. The Bertz CT molecular complexity index is 517. The van der Waals surface area contributed by atoms with E-state index >= 15 is 0 Å². The van der Waals surface area contributed by atoms with Crippen LogP contribution < -0.4 is 0 Å². The molecule has 0 saturated heterocycles. The Morgan fingerprint density at radius 2 is 1.59 bits per heavy atom. The molecular weight excluding hydrogens is 284 g/mol. The summed E-state index contributed by atoms with van der Waals surface area (Å²) in [5.41, 5.74) is 0.679. The fraction of sp³-hybridized carbons (Fsp3) is 0.353. The molecule has 0 aliphatic carbocycles. The smallest absolute Gasteiger partial charge is 0.320 e. The van der Waals surface area contributed by atoms with Gasteiger partial charge in [0.05, 0.1) is 14.2 Å². The van der Waals surface area contributed by atoms with E-state index in [-0.39, 0.29) is 12.2 Å². The average molecular weight is 304 g/mol. The molecular formula is C17H20O5. The molecule has 118 valence electrons. The summed E-state index contributed by atoms with van der Waals surface area (Å²) in [6.45, 7) is 0. The van der Waals surface area contributed by atoms with Gasteiger partial charge in [-0.3, -0.25) is 14.4 Å². The monoisotopic (exact) mass is 304 g/mol.